The van der Waals surface area contributed by atoms with Crippen LogP contribution in [0.2, 0.25) is 0 Å². The van der Waals surface area contributed by atoms with E-state index in [1.54, 1.807) is 0 Å². The smallest absolute Gasteiger partial charge is 0.0540 e. The predicted octanol–water partition coefficient (Wildman–Crippen LogP) is 17.0. The molecule has 0 aliphatic heterocycles. The number of hydrogen-bond acceptors (Lipinski definition) is 1. The molecule has 0 heterocycles. The normalized spacial score (nSPS) is 11.3. The standard InChI is InChI=1S/C60H41N/c1-3-16-42(17-4-1)43-30-32-45(33-31-43)54-38-39-60(58-29-14-13-27-56(54)58)61(50-22-15-21-47(40-50)52-24-10-9-23-51(52)44-18-5-2-6-19-44)49-36-34-46(35-37-49)59-41-48-20-7-8-25-53(48)55-26-11-12-28-57(55)59/h1-41H. The van der Waals surface area contributed by atoms with E-state index in [1.807, 2.05) is 0 Å². The Morgan fingerprint density at radius 3 is 1.41 bits per heavy atom. The molecule has 0 saturated heterocycles. The molecule has 0 spiro atoms. The second-order valence-electron chi connectivity index (χ2n) is 15.7. The summed E-state index contributed by atoms with van der Waals surface area (Å²) < 4.78 is 0. The van der Waals surface area contributed by atoms with Gasteiger partial charge in [0.25, 0.3) is 0 Å². The summed E-state index contributed by atoms with van der Waals surface area (Å²) in [6.07, 6.45) is 0. The average Bonchev–Trinajstić information content (AvgIpc) is 3.35. The third-order valence-electron chi connectivity index (χ3n) is 12.1. The average molecular weight is 776 g/mol. The van der Waals surface area contributed by atoms with Gasteiger partial charge in [-0.2, -0.15) is 0 Å². The molecule has 61 heavy (non-hydrogen) atoms. The molecular weight excluding hydrogens is 735 g/mol. The lowest BCUT2D eigenvalue weighted by Gasteiger charge is -2.28. The van der Waals surface area contributed by atoms with Crippen molar-refractivity contribution in [3.05, 3.63) is 249 Å². The van der Waals surface area contributed by atoms with Gasteiger partial charge < -0.3 is 4.90 Å². The second-order valence-corrected chi connectivity index (χ2v) is 15.7. The van der Waals surface area contributed by atoms with Crippen molar-refractivity contribution in [2.75, 3.05) is 4.90 Å². The highest BCUT2D eigenvalue weighted by molar-refractivity contribution is 6.14. The first-order valence-electron chi connectivity index (χ1n) is 21.0. The van der Waals surface area contributed by atoms with Crippen molar-refractivity contribution >= 4 is 49.4 Å². The highest BCUT2D eigenvalue weighted by atomic mass is 15.1. The van der Waals surface area contributed by atoms with E-state index in [-0.39, 0.29) is 0 Å². The van der Waals surface area contributed by atoms with Gasteiger partial charge in [0.05, 0.1) is 5.69 Å². The first-order chi connectivity index (χ1) is 30.3. The maximum atomic E-state index is 2.43. The van der Waals surface area contributed by atoms with Crippen molar-refractivity contribution in [2.24, 2.45) is 0 Å². The van der Waals surface area contributed by atoms with Crippen LogP contribution in [-0.2, 0) is 0 Å². The summed E-state index contributed by atoms with van der Waals surface area (Å²) in [4.78, 5) is 2.43. The number of nitrogens with zero attached hydrogens (tertiary/aromatic N) is 1. The van der Waals surface area contributed by atoms with Gasteiger partial charge in [0.15, 0.2) is 0 Å². The summed E-state index contributed by atoms with van der Waals surface area (Å²) in [7, 11) is 0. The fourth-order valence-electron chi connectivity index (χ4n) is 9.13. The summed E-state index contributed by atoms with van der Waals surface area (Å²) in [5.41, 5.74) is 15.4. The number of benzene rings is 11. The molecule has 0 saturated carbocycles. The van der Waals surface area contributed by atoms with Gasteiger partial charge >= 0.3 is 0 Å². The Morgan fingerprint density at radius 2 is 0.689 bits per heavy atom. The van der Waals surface area contributed by atoms with Crippen LogP contribution in [0.15, 0.2) is 249 Å². The van der Waals surface area contributed by atoms with E-state index < -0.39 is 0 Å². The van der Waals surface area contributed by atoms with Crippen LogP contribution in [0, 0.1) is 0 Å². The Hall–Kier alpha value is -8.00. The van der Waals surface area contributed by atoms with Crippen LogP contribution in [0.3, 0.4) is 0 Å². The predicted molar refractivity (Wildman–Crippen MR) is 261 cm³/mol. The molecule has 11 aromatic rings. The lowest BCUT2D eigenvalue weighted by molar-refractivity contribution is 1.30. The Balaban J connectivity index is 1.07. The fourth-order valence-corrected chi connectivity index (χ4v) is 9.13. The molecule has 0 atom stereocenters. The minimum absolute atomic E-state index is 1.09. The third-order valence-corrected chi connectivity index (χ3v) is 12.1. The number of hydrogen-bond donors (Lipinski definition) is 0. The molecule has 0 N–H and O–H groups in total. The van der Waals surface area contributed by atoms with Crippen LogP contribution in [0.4, 0.5) is 17.1 Å². The van der Waals surface area contributed by atoms with E-state index in [0.29, 0.717) is 0 Å². The molecule has 0 aliphatic carbocycles. The van der Waals surface area contributed by atoms with Gasteiger partial charge in [0, 0.05) is 16.8 Å². The van der Waals surface area contributed by atoms with Gasteiger partial charge in [-0.15, -0.1) is 0 Å². The molecule has 286 valence electrons. The van der Waals surface area contributed by atoms with Crippen molar-refractivity contribution in [3.8, 4) is 55.6 Å². The topological polar surface area (TPSA) is 3.24 Å². The lowest BCUT2D eigenvalue weighted by atomic mass is 9.92. The van der Waals surface area contributed by atoms with E-state index in [2.05, 4.69) is 254 Å². The number of fused-ring (bicyclic) bond motifs is 4. The summed E-state index contributed by atoms with van der Waals surface area (Å²) >= 11 is 0. The molecule has 0 bridgehead atoms. The van der Waals surface area contributed by atoms with Crippen molar-refractivity contribution in [3.63, 3.8) is 0 Å². The first-order valence-corrected chi connectivity index (χ1v) is 21.0. The van der Waals surface area contributed by atoms with E-state index in [0.717, 1.165) is 17.1 Å². The van der Waals surface area contributed by atoms with Crippen LogP contribution < -0.4 is 4.90 Å². The van der Waals surface area contributed by atoms with Crippen LogP contribution >= 0.6 is 0 Å². The van der Waals surface area contributed by atoms with Crippen LogP contribution in [0.5, 0.6) is 0 Å². The molecule has 1 nitrogen and oxygen atoms in total. The van der Waals surface area contributed by atoms with Gasteiger partial charge in [-0.25, -0.2) is 0 Å². The zero-order valence-electron chi connectivity index (χ0n) is 33.6. The van der Waals surface area contributed by atoms with E-state index >= 15 is 0 Å². The van der Waals surface area contributed by atoms with Gasteiger partial charge in [-0.05, 0) is 119 Å². The highest BCUT2D eigenvalue weighted by Gasteiger charge is 2.19. The zero-order valence-corrected chi connectivity index (χ0v) is 33.6. The maximum Gasteiger partial charge on any atom is 0.0540 e. The molecule has 11 aromatic carbocycles. The first kappa shape index (κ1) is 36.1. The summed E-state index contributed by atoms with van der Waals surface area (Å²) in [5, 5.41) is 7.45. The third kappa shape index (κ3) is 6.73. The van der Waals surface area contributed by atoms with Crippen LogP contribution in [0.25, 0.3) is 88.0 Å². The van der Waals surface area contributed by atoms with Gasteiger partial charge in [-0.3, -0.25) is 0 Å². The van der Waals surface area contributed by atoms with Crippen LogP contribution in [-0.4, -0.2) is 0 Å². The van der Waals surface area contributed by atoms with Crippen molar-refractivity contribution in [2.45, 2.75) is 0 Å². The minimum Gasteiger partial charge on any atom is -0.310 e. The number of anilines is 3. The number of rotatable bonds is 8. The van der Waals surface area contributed by atoms with Crippen LogP contribution in [0.1, 0.15) is 0 Å². The monoisotopic (exact) mass is 775 g/mol. The molecule has 0 radical (unpaired) electrons. The summed E-state index contributed by atoms with van der Waals surface area (Å²) in [6.45, 7) is 0. The molecule has 11 rings (SSSR count). The summed E-state index contributed by atoms with van der Waals surface area (Å²) in [6, 6.07) is 90.4. The maximum absolute atomic E-state index is 2.43. The Labute approximate surface area is 357 Å². The Morgan fingerprint density at radius 1 is 0.213 bits per heavy atom. The molecular formula is C60H41N. The molecule has 0 aromatic heterocycles. The largest absolute Gasteiger partial charge is 0.310 e. The molecule has 0 fully saturated rings. The summed E-state index contributed by atoms with van der Waals surface area (Å²) in [5.74, 6) is 0. The van der Waals surface area contributed by atoms with Gasteiger partial charge in [-0.1, -0.05) is 212 Å². The van der Waals surface area contributed by atoms with E-state index in [4.69, 9.17) is 0 Å². The van der Waals surface area contributed by atoms with Crippen molar-refractivity contribution in [1.29, 1.82) is 0 Å². The Bertz CT molecular complexity index is 3330. The lowest BCUT2D eigenvalue weighted by Crippen LogP contribution is -2.11. The fraction of sp³-hybridized carbons (Fsp3) is 0. The van der Waals surface area contributed by atoms with E-state index in [9.17, 15) is 0 Å². The highest BCUT2D eigenvalue weighted by Crippen LogP contribution is 2.45. The van der Waals surface area contributed by atoms with Crippen molar-refractivity contribution in [1.82, 2.24) is 0 Å². The molecule has 0 unspecified atom stereocenters. The van der Waals surface area contributed by atoms with Crippen molar-refractivity contribution < 1.29 is 0 Å². The van der Waals surface area contributed by atoms with E-state index in [1.165, 1.54) is 88.0 Å². The Kier molecular flexibility index (Phi) is 9.26. The quantitative estimate of drug-likeness (QED) is 0.139. The molecule has 0 amide bonds. The SMILES string of the molecule is c1ccc(-c2ccc(-c3ccc(N(c4ccc(-c5cc6ccccc6c6ccccc56)cc4)c4cccc(-c5ccccc5-c5ccccc5)c4)c4ccccc34)cc2)cc1. The second kappa shape index (κ2) is 15.6. The molecule has 0 aliphatic rings. The minimum atomic E-state index is 1.09. The molecule has 1 heteroatoms. The van der Waals surface area contributed by atoms with Gasteiger partial charge in [0.1, 0.15) is 0 Å². The van der Waals surface area contributed by atoms with Gasteiger partial charge in [0.2, 0.25) is 0 Å². The zero-order chi connectivity index (χ0) is 40.5.